The average Bonchev–Trinajstić information content (AvgIpc) is 2.18. The highest BCUT2D eigenvalue weighted by atomic mass is 16.5. The molecular weight excluding hydrogens is 182 g/mol. The number of methoxy groups -OCH3 is 1. The lowest BCUT2D eigenvalue weighted by atomic mass is 10.2. The van der Waals surface area contributed by atoms with Crippen LogP contribution in [0.15, 0.2) is 18.2 Å². The van der Waals surface area contributed by atoms with Gasteiger partial charge < -0.3 is 10.5 Å². The number of carbonyl (C=O) groups is 1. The van der Waals surface area contributed by atoms with Gasteiger partial charge in [-0.05, 0) is 17.7 Å². The summed E-state index contributed by atoms with van der Waals surface area (Å²) < 4.78 is 4.99. The Labute approximate surface area is 82.2 Å². The molecule has 0 unspecified atom stereocenters. The van der Waals surface area contributed by atoms with Gasteiger partial charge in [-0.2, -0.15) is 0 Å². The molecule has 0 fully saturated rings. The first-order chi connectivity index (χ1) is 6.67. The summed E-state index contributed by atoms with van der Waals surface area (Å²) >= 11 is 0. The first-order valence-corrected chi connectivity index (χ1v) is 4.06. The second-order valence-electron chi connectivity index (χ2n) is 2.85. The van der Waals surface area contributed by atoms with Crippen LogP contribution < -0.4 is 16.3 Å². The lowest BCUT2D eigenvalue weighted by Crippen LogP contribution is -2.28. The summed E-state index contributed by atoms with van der Waals surface area (Å²) in [5, 5.41) is 1.04. The van der Waals surface area contributed by atoms with Gasteiger partial charge in [-0.25, -0.2) is 5.84 Å². The quantitative estimate of drug-likeness (QED) is 0.235. The summed E-state index contributed by atoms with van der Waals surface area (Å²) in [4.78, 5) is 10.3. The molecule has 0 aliphatic rings. The summed E-state index contributed by atoms with van der Waals surface area (Å²) in [5.74, 6) is 5.93. The second-order valence-corrected chi connectivity index (χ2v) is 2.85. The molecule has 1 aromatic carbocycles. The number of nitrogens with two attached hydrogens (primary N) is 2. The normalized spacial score (nSPS) is 9.57. The van der Waals surface area contributed by atoms with Gasteiger partial charge in [0, 0.05) is 0 Å². The molecule has 5 nitrogen and oxygen atoms in total. The van der Waals surface area contributed by atoms with Crippen LogP contribution in [0.3, 0.4) is 0 Å². The van der Waals surface area contributed by atoms with E-state index < -0.39 is 0 Å². The second kappa shape index (κ2) is 4.48. The first-order valence-electron chi connectivity index (χ1n) is 4.06. The number of anilines is 1. The number of carbonyl (C=O) groups excluding carboxylic acids is 1. The molecule has 0 aliphatic carbocycles. The topological polar surface area (TPSA) is 81.6 Å². The molecule has 76 valence electrons. The Morgan fingerprint density at radius 3 is 2.79 bits per heavy atom. The van der Waals surface area contributed by atoms with Gasteiger partial charge in [0.1, 0.15) is 5.75 Å². The van der Waals surface area contributed by atoms with Gasteiger partial charge in [0.2, 0.25) is 6.41 Å². The monoisotopic (exact) mass is 195 g/mol. The minimum Gasteiger partial charge on any atom is -0.495 e. The zero-order valence-corrected chi connectivity index (χ0v) is 7.93. The standard InChI is InChI=1S/C9H13N3O2/c1-14-9-3-2-7(4-8(9)10)5-12(11)6-13/h2-4,6H,5,10-11H2,1H3. The van der Waals surface area contributed by atoms with Crippen LogP contribution in [0.1, 0.15) is 5.56 Å². The van der Waals surface area contributed by atoms with E-state index in [0.29, 0.717) is 24.4 Å². The lowest BCUT2D eigenvalue weighted by Gasteiger charge is -2.11. The summed E-state index contributed by atoms with van der Waals surface area (Å²) in [6, 6.07) is 5.27. The highest BCUT2D eigenvalue weighted by molar-refractivity contribution is 5.55. The molecule has 14 heavy (non-hydrogen) atoms. The van der Waals surface area contributed by atoms with Crippen molar-refractivity contribution in [2.75, 3.05) is 12.8 Å². The van der Waals surface area contributed by atoms with Gasteiger partial charge in [0.25, 0.3) is 0 Å². The van der Waals surface area contributed by atoms with Crippen LogP contribution in [-0.4, -0.2) is 18.5 Å². The van der Waals surface area contributed by atoms with Crippen molar-refractivity contribution in [3.8, 4) is 5.75 Å². The highest BCUT2D eigenvalue weighted by Crippen LogP contribution is 2.21. The van der Waals surface area contributed by atoms with Gasteiger partial charge in [-0.3, -0.25) is 9.80 Å². The molecule has 0 saturated carbocycles. The predicted molar refractivity (Wildman–Crippen MR) is 53.2 cm³/mol. The van der Waals surface area contributed by atoms with E-state index in [9.17, 15) is 4.79 Å². The number of hydrogen-bond acceptors (Lipinski definition) is 4. The Hall–Kier alpha value is -1.75. The van der Waals surface area contributed by atoms with E-state index in [1.54, 1.807) is 25.3 Å². The Morgan fingerprint density at radius 2 is 2.29 bits per heavy atom. The minimum atomic E-state index is 0.331. The van der Waals surface area contributed by atoms with Crippen molar-refractivity contribution >= 4 is 12.1 Å². The molecule has 0 heterocycles. The van der Waals surface area contributed by atoms with E-state index in [-0.39, 0.29) is 0 Å². The Bertz CT molecular complexity index is 328. The Balaban J connectivity index is 2.80. The van der Waals surface area contributed by atoms with E-state index >= 15 is 0 Å². The van der Waals surface area contributed by atoms with Crippen LogP contribution in [0.4, 0.5) is 5.69 Å². The maximum Gasteiger partial charge on any atom is 0.223 e. The molecule has 0 aliphatic heterocycles. The van der Waals surface area contributed by atoms with Gasteiger partial charge >= 0.3 is 0 Å². The molecular formula is C9H13N3O2. The van der Waals surface area contributed by atoms with Gasteiger partial charge in [0.15, 0.2) is 0 Å². The molecule has 0 atom stereocenters. The number of benzene rings is 1. The smallest absolute Gasteiger partial charge is 0.223 e. The summed E-state index contributed by atoms with van der Waals surface area (Å²) in [6.07, 6.45) is 0.556. The van der Waals surface area contributed by atoms with Crippen LogP contribution in [0.25, 0.3) is 0 Å². The van der Waals surface area contributed by atoms with E-state index in [1.165, 1.54) is 0 Å². The van der Waals surface area contributed by atoms with Crippen molar-refractivity contribution in [2.24, 2.45) is 5.84 Å². The van der Waals surface area contributed by atoms with Crippen LogP contribution in [0.5, 0.6) is 5.75 Å². The Kier molecular flexibility index (Phi) is 3.30. The van der Waals surface area contributed by atoms with Crippen molar-refractivity contribution in [3.05, 3.63) is 23.8 Å². The predicted octanol–water partition coefficient (Wildman–Crippen LogP) is 0.109. The SMILES string of the molecule is COc1ccc(CN(N)C=O)cc1N. The third-order valence-corrected chi connectivity index (χ3v) is 1.79. The molecule has 1 amide bonds. The van der Waals surface area contributed by atoms with Crippen molar-refractivity contribution in [1.82, 2.24) is 5.01 Å². The van der Waals surface area contributed by atoms with Crippen LogP contribution in [0, 0.1) is 0 Å². The van der Waals surface area contributed by atoms with Crippen molar-refractivity contribution in [3.63, 3.8) is 0 Å². The summed E-state index contributed by atoms with van der Waals surface area (Å²) in [7, 11) is 1.55. The fourth-order valence-electron chi connectivity index (χ4n) is 1.13. The molecule has 5 heteroatoms. The first kappa shape index (κ1) is 10.3. The van der Waals surface area contributed by atoms with Gasteiger partial charge in [0.05, 0.1) is 19.3 Å². The van der Waals surface area contributed by atoms with Crippen molar-refractivity contribution < 1.29 is 9.53 Å². The van der Waals surface area contributed by atoms with Crippen LogP contribution in [-0.2, 0) is 11.3 Å². The summed E-state index contributed by atoms with van der Waals surface area (Å²) in [5.41, 5.74) is 7.07. The molecule has 1 aromatic rings. The molecule has 0 spiro atoms. The van der Waals surface area contributed by atoms with Crippen molar-refractivity contribution in [2.45, 2.75) is 6.54 Å². The maximum absolute atomic E-state index is 10.3. The van der Waals surface area contributed by atoms with E-state index in [1.807, 2.05) is 0 Å². The number of hydrogen-bond donors (Lipinski definition) is 2. The molecule has 0 radical (unpaired) electrons. The number of hydrazine groups is 1. The zero-order chi connectivity index (χ0) is 10.6. The van der Waals surface area contributed by atoms with Crippen LogP contribution in [0.2, 0.25) is 0 Å². The number of ether oxygens (including phenoxy) is 1. The lowest BCUT2D eigenvalue weighted by molar-refractivity contribution is -0.118. The van der Waals surface area contributed by atoms with Gasteiger partial charge in [-0.15, -0.1) is 0 Å². The van der Waals surface area contributed by atoms with E-state index in [0.717, 1.165) is 10.6 Å². The third-order valence-electron chi connectivity index (χ3n) is 1.79. The zero-order valence-electron chi connectivity index (χ0n) is 7.93. The highest BCUT2D eigenvalue weighted by Gasteiger charge is 2.02. The number of amides is 1. The van der Waals surface area contributed by atoms with E-state index in [2.05, 4.69) is 0 Å². The van der Waals surface area contributed by atoms with Gasteiger partial charge in [-0.1, -0.05) is 6.07 Å². The number of nitrogens with zero attached hydrogens (tertiary/aromatic N) is 1. The number of rotatable bonds is 4. The average molecular weight is 195 g/mol. The molecule has 4 N–H and O–H groups in total. The molecule has 0 saturated heterocycles. The Morgan fingerprint density at radius 1 is 1.57 bits per heavy atom. The van der Waals surface area contributed by atoms with Crippen LogP contribution >= 0.6 is 0 Å². The molecule has 0 aromatic heterocycles. The third kappa shape index (κ3) is 2.37. The minimum absolute atomic E-state index is 0.331. The fraction of sp³-hybridized carbons (Fsp3) is 0.222. The van der Waals surface area contributed by atoms with E-state index in [4.69, 9.17) is 16.3 Å². The molecule has 1 rings (SSSR count). The van der Waals surface area contributed by atoms with Crippen molar-refractivity contribution in [1.29, 1.82) is 0 Å². The molecule has 0 bridgehead atoms. The largest absolute Gasteiger partial charge is 0.495 e. The maximum atomic E-state index is 10.3. The number of nitrogen functional groups attached to an aromatic ring is 1. The summed E-state index contributed by atoms with van der Waals surface area (Å²) in [6.45, 7) is 0.331. The fourth-order valence-corrected chi connectivity index (χ4v) is 1.13.